The van der Waals surface area contributed by atoms with Crippen LogP contribution in [-0.4, -0.2) is 11.8 Å². The zero-order valence-corrected chi connectivity index (χ0v) is 19.9. The van der Waals surface area contributed by atoms with Crippen molar-refractivity contribution in [3.63, 3.8) is 0 Å². The van der Waals surface area contributed by atoms with E-state index in [1.165, 1.54) is 4.90 Å². The topological polar surface area (TPSA) is 58.6 Å². The third kappa shape index (κ3) is 6.15. The minimum absolute atomic E-state index is 0.254. The fourth-order valence-corrected chi connectivity index (χ4v) is 3.77. The fourth-order valence-electron chi connectivity index (χ4n) is 3.77. The molecule has 4 aromatic rings. The summed E-state index contributed by atoms with van der Waals surface area (Å²) in [6, 6.07) is 32.3. The second-order valence-corrected chi connectivity index (χ2v) is 8.36. The van der Waals surface area contributed by atoms with Gasteiger partial charge in [-0.15, -0.1) is 0 Å². The summed E-state index contributed by atoms with van der Waals surface area (Å²) in [4.78, 5) is 28.0. The third-order valence-electron chi connectivity index (χ3n) is 5.81. The SMILES string of the molecule is Cc1cc(OCc2ccccc2)cc(N(Cc2ccccc2)C(=O)C(=O)Nc2ccccc2)c1C. The number of nitrogens with one attached hydrogen (secondary N) is 1. The summed E-state index contributed by atoms with van der Waals surface area (Å²) in [5.74, 6) is -0.693. The van der Waals surface area contributed by atoms with Crippen molar-refractivity contribution in [3.05, 3.63) is 125 Å². The molecule has 2 amide bonds. The summed E-state index contributed by atoms with van der Waals surface area (Å²) in [5.41, 5.74) is 5.06. The standard InChI is InChI=1S/C30H28N2O3/c1-22-18-27(35-21-25-14-8-4-9-15-25)19-28(23(22)2)32(20-24-12-6-3-7-13-24)30(34)29(33)31-26-16-10-5-11-17-26/h3-19H,20-21H2,1-2H3,(H,31,33). The number of para-hydroxylation sites is 1. The molecule has 0 heterocycles. The highest BCUT2D eigenvalue weighted by atomic mass is 16.5. The van der Waals surface area contributed by atoms with Crippen LogP contribution in [0.1, 0.15) is 22.3 Å². The molecule has 4 rings (SSSR count). The van der Waals surface area contributed by atoms with E-state index in [0.29, 0.717) is 23.7 Å². The summed E-state index contributed by atoms with van der Waals surface area (Å²) in [7, 11) is 0. The predicted molar refractivity (Wildman–Crippen MR) is 139 cm³/mol. The van der Waals surface area contributed by atoms with E-state index >= 15 is 0 Å². The van der Waals surface area contributed by atoms with Crippen LogP contribution in [0.5, 0.6) is 5.75 Å². The van der Waals surface area contributed by atoms with Crippen molar-refractivity contribution in [1.82, 2.24) is 0 Å². The molecule has 35 heavy (non-hydrogen) atoms. The van der Waals surface area contributed by atoms with Crippen molar-refractivity contribution in [2.45, 2.75) is 27.0 Å². The molecule has 0 unspecified atom stereocenters. The average molecular weight is 465 g/mol. The minimum Gasteiger partial charge on any atom is -0.489 e. The summed E-state index contributed by atoms with van der Waals surface area (Å²) in [6.07, 6.45) is 0. The monoisotopic (exact) mass is 464 g/mol. The number of hydrogen-bond acceptors (Lipinski definition) is 3. The van der Waals surface area contributed by atoms with Gasteiger partial charge in [-0.25, -0.2) is 0 Å². The summed E-state index contributed by atoms with van der Waals surface area (Å²) >= 11 is 0. The Hall–Kier alpha value is -4.38. The van der Waals surface area contributed by atoms with Gasteiger partial charge in [0.25, 0.3) is 0 Å². The molecule has 0 atom stereocenters. The normalized spacial score (nSPS) is 10.5. The maximum atomic E-state index is 13.5. The lowest BCUT2D eigenvalue weighted by Crippen LogP contribution is -2.40. The maximum Gasteiger partial charge on any atom is 0.316 e. The lowest BCUT2D eigenvalue weighted by atomic mass is 10.1. The van der Waals surface area contributed by atoms with Gasteiger partial charge in [0.05, 0.1) is 12.2 Å². The maximum absolute atomic E-state index is 13.5. The van der Waals surface area contributed by atoms with Crippen LogP contribution in [0.2, 0.25) is 0 Å². The molecule has 0 saturated carbocycles. The molecule has 5 nitrogen and oxygen atoms in total. The van der Waals surface area contributed by atoms with E-state index in [1.807, 2.05) is 105 Å². The van der Waals surface area contributed by atoms with Crippen molar-refractivity contribution in [1.29, 1.82) is 0 Å². The molecule has 0 radical (unpaired) electrons. The first-order valence-electron chi connectivity index (χ1n) is 11.5. The lowest BCUT2D eigenvalue weighted by molar-refractivity contribution is -0.134. The Balaban J connectivity index is 1.65. The number of nitrogens with zero attached hydrogens (tertiary/aromatic N) is 1. The zero-order chi connectivity index (χ0) is 24.6. The van der Waals surface area contributed by atoms with Crippen LogP contribution >= 0.6 is 0 Å². The van der Waals surface area contributed by atoms with E-state index in [9.17, 15) is 9.59 Å². The molecule has 0 spiro atoms. The Labute approximate surface area is 206 Å². The average Bonchev–Trinajstić information content (AvgIpc) is 2.89. The number of carbonyl (C=O) groups is 2. The summed E-state index contributed by atoms with van der Waals surface area (Å²) < 4.78 is 6.07. The van der Waals surface area contributed by atoms with Crippen molar-refractivity contribution in [2.24, 2.45) is 0 Å². The number of hydrogen-bond donors (Lipinski definition) is 1. The van der Waals surface area contributed by atoms with Crippen molar-refractivity contribution >= 4 is 23.2 Å². The van der Waals surface area contributed by atoms with Crippen LogP contribution in [0, 0.1) is 13.8 Å². The largest absolute Gasteiger partial charge is 0.489 e. The highest BCUT2D eigenvalue weighted by Crippen LogP contribution is 2.31. The van der Waals surface area contributed by atoms with E-state index in [0.717, 1.165) is 22.3 Å². The van der Waals surface area contributed by atoms with Gasteiger partial charge in [0.15, 0.2) is 0 Å². The van der Waals surface area contributed by atoms with Gasteiger partial charge in [-0.1, -0.05) is 78.9 Å². The van der Waals surface area contributed by atoms with Gasteiger partial charge in [0.1, 0.15) is 12.4 Å². The molecular weight excluding hydrogens is 436 g/mol. The Kier molecular flexibility index (Phi) is 7.58. The summed E-state index contributed by atoms with van der Waals surface area (Å²) in [5, 5.41) is 2.71. The minimum atomic E-state index is -0.695. The number of carbonyl (C=O) groups excluding carboxylic acids is 2. The first-order chi connectivity index (χ1) is 17.0. The van der Waals surface area contributed by atoms with E-state index in [-0.39, 0.29) is 6.54 Å². The molecular formula is C30H28N2O3. The van der Waals surface area contributed by atoms with Crippen molar-refractivity contribution in [2.75, 3.05) is 10.2 Å². The molecule has 0 saturated heterocycles. The molecule has 0 aromatic heterocycles. The van der Waals surface area contributed by atoms with Crippen molar-refractivity contribution in [3.8, 4) is 5.75 Å². The molecule has 0 aliphatic heterocycles. The van der Waals surface area contributed by atoms with Gasteiger partial charge in [0, 0.05) is 11.8 Å². The van der Waals surface area contributed by atoms with Crippen LogP contribution in [0.3, 0.4) is 0 Å². The molecule has 1 N–H and O–H groups in total. The Morgan fingerprint density at radius 1 is 0.771 bits per heavy atom. The second-order valence-electron chi connectivity index (χ2n) is 8.36. The highest BCUT2D eigenvalue weighted by molar-refractivity contribution is 6.44. The first-order valence-corrected chi connectivity index (χ1v) is 11.5. The number of anilines is 2. The van der Waals surface area contributed by atoms with Gasteiger partial charge in [0.2, 0.25) is 0 Å². The van der Waals surface area contributed by atoms with Crippen LogP contribution in [0.4, 0.5) is 11.4 Å². The molecule has 0 aliphatic rings. The van der Waals surface area contributed by atoms with Gasteiger partial charge in [-0.05, 0) is 54.3 Å². The number of aryl methyl sites for hydroxylation is 1. The number of ether oxygens (including phenoxy) is 1. The molecule has 0 bridgehead atoms. The Morgan fingerprint density at radius 3 is 1.97 bits per heavy atom. The highest BCUT2D eigenvalue weighted by Gasteiger charge is 2.26. The molecule has 0 aliphatic carbocycles. The van der Waals surface area contributed by atoms with Gasteiger partial charge in [-0.2, -0.15) is 0 Å². The number of benzene rings is 4. The van der Waals surface area contributed by atoms with Gasteiger partial charge in [-0.3, -0.25) is 14.5 Å². The van der Waals surface area contributed by atoms with E-state index in [1.54, 1.807) is 12.1 Å². The van der Waals surface area contributed by atoms with E-state index in [4.69, 9.17) is 4.74 Å². The van der Waals surface area contributed by atoms with Crippen LogP contribution < -0.4 is 15.0 Å². The predicted octanol–water partition coefficient (Wildman–Crippen LogP) is 6.05. The van der Waals surface area contributed by atoms with Gasteiger partial charge < -0.3 is 10.1 Å². The number of amides is 2. The van der Waals surface area contributed by atoms with Gasteiger partial charge >= 0.3 is 11.8 Å². The smallest absolute Gasteiger partial charge is 0.316 e. The molecule has 4 aromatic carbocycles. The van der Waals surface area contributed by atoms with Crippen LogP contribution in [-0.2, 0) is 22.7 Å². The Bertz CT molecular complexity index is 1290. The molecule has 0 fully saturated rings. The molecule has 5 heteroatoms. The zero-order valence-electron chi connectivity index (χ0n) is 19.9. The lowest BCUT2D eigenvalue weighted by Gasteiger charge is -2.26. The van der Waals surface area contributed by atoms with Crippen LogP contribution in [0.15, 0.2) is 103 Å². The fraction of sp³-hybridized carbons (Fsp3) is 0.133. The second kappa shape index (κ2) is 11.2. The Morgan fingerprint density at radius 2 is 1.34 bits per heavy atom. The summed E-state index contributed by atoms with van der Waals surface area (Å²) in [6.45, 7) is 4.59. The quantitative estimate of drug-likeness (QED) is 0.339. The third-order valence-corrected chi connectivity index (χ3v) is 5.81. The van der Waals surface area contributed by atoms with Crippen molar-refractivity contribution < 1.29 is 14.3 Å². The molecule has 176 valence electrons. The first kappa shape index (κ1) is 23.8. The van der Waals surface area contributed by atoms with E-state index < -0.39 is 11.8 Å². The number of rotatable bonds is 7. The van der Waals surface area contributed by atoms with E-state index in [2.05, 4.69) is 5.32 Å². The van der Waals surface area contributed by atoms with Crippen LogP contribution in [0.25, 0.3) is 0 Å².